The number of hydrogen-bond acceptors (Lipinski definition) is 6. The van der Waals surface area contributed by atoms with E-state index in [1.807, 2.05) is 18.3 Å². The standard InChI is InChI=1S/C44H27N5O/c1-3-7-32-23-34(11-9-28(32)5-1)30-13-17-36(18-14-30)49(37-19-15-31(16-20-37)35-12-10-29-6-2-4-8-33(29)24-35)44-47-27-39-38-25-40-41(46-22-21-45-40)26-42(38)50-43(39)48-44/h1-27H. The van der Waals surface area contributed by atoms with Gasteiger partial charge in [0.15, 0.2) is 0 Å². The number of benzene rings is 7. The monoisotopic (exact) mass is 641 g/mol. The second kappa shape index (κ2) is 11.4. The van der Waals surface area contributed by atoms with Crippen molar-refractivity contribution in [3.05, 3.63) is 164 Å². The average Bonchev–Trinajstić information content (AvgIpc) is 3.53. The maximum Gasteiger partial charge on any atom is 0.237 e. The van der Waals surface area contributed by atoms with Gasteiger partial charge in [-0.25, -0.2) is 4.98 Å². The second-order valence-electron chi connectivity index (χ2n) is 12.4. The van der Waals surface area contributed by atoms with E-state index in [9.17, 15) is 0 Å². The molecule has 0 unspecified atom stereocenters. The van der Waals surface area contributed by atoms with Crippen molar-refractivity contribution in [2.45, 2.75) is 0 Å². The Morgan fingerprint density at radius 3 is 1.54 bits per heavy atom. The fourth-order valence-electron chi connectivity index (χ4n) is 6.84. The minimum atomic E-state index is 0.505. The van der Waals surface area contributed by atoms with Crippen LogP contribution >= 0.6 is 0 Å². The Balaban J connectivity index is 1.08. The van der Waals surface area contributed by atoms with Crippen molar-refractivity contribution in [2.24, 2.45) is 0 Å². The third kappa shape index (κ3) is 4.81. The molecule has 10 aromatic rings. The first-order valence-electron chi connectivity index (χ1n) is 16.5. The molecule has 10 rings (SSSR count). The number of furan rings is 1. The quantitative estimate of drug-likeness (QED) is 0.186. The van der Waals surface area contributed by atoms with E-state index in [0.717, 1.165) is 55.4 Å². The van der Waals surface area contributed by atoms with Crippen LogP contribution in [-0.2, 0) is 0 Å². The van der Waals surface area contributed by atoms with E-state index in [1.165, 1.54) is 21.5 Å². The van der Waals surface area contributed by atoms with Crippen LogP contribution in [0.25, 0.3) is 76.9 Å². The fourth-order valence-corrected chi connectivity index (χ4v) is 6.84. The summed E-state index contributed by atoms with van der Waals surface area (Å²) in [6.45, 7) is 0. The predicted molar refractivity (Wildman–Crippen MR) is 203 cm³/mol. The molecule has 50 heavy (non-hydrogen) atoms. The lowest BCUT2D eigenvalue weighted by molar-refractivity contribution is 0.653. The van der Waals surface area contributed by atoms with Gasteiger partial charge in [-0.05, 0) is 86.3 Å². The number of fused-ring (bicyclic) bond motifs is 6. The van der Waals surface area contributed by atoms with Gasteiger partial charge in [0.2, 0.25) is 11.7 Å². The van der Waals surface area contributed by atoms with Gasteiger partial charge in [0.05, 0.1) is 16.4 Å². The van der Waals surface area contributed by atoms with Crippen molar-refractivity contribution < 1.29 is 4.42 Å². The summed E-state index contributed by atoms with van der Waals surface area (Å²) in [7, 11) is 0. The molecule has 0 atom stereocenters. The third-order valence-corrected chi connectivity index (χ3v) is 9.43. The van der Waals surface area contributed by atoms with Crippen molar-refractivity contribution in [2.75, 3.05) is 4.90 Å². The molecule has 0 spiro atoms. The molecule has 6 nitrogen and oxygen atoms in total. The molecule has 3 heterocycles. The minimum Gasteiger partial charge on any atom is -0.437 e. The van der Waals surface area contributed by atoms with Crippen LogP contribution in [0, 0.1) is 0 Å². The molecule has 0 amide bonds. The Hall–Kier alpha value is -6.92. The van der Waals surface area contributed by atoms with E-state index in [0.29, 0.717) is 17.2 Å². The number of nitrogens with zero attached hydrogens (tertiary/aromatic N) is 5. The zero-order chi connectivity index (χ0) is 33.0. The smallest absolute Gasteiger partial charge is 0.237 e. The van der Waals surface area contributed by atoms with Crippen LogP contribution < -0.4 is 4.90 Å². The van der Waals surface area contributed by atoms with E-state index < -0.39 is 0 Å². The van der Waals surface area contributed by atoms with Gasteiger partial charge in [0, 0.05) is 41.4 Å². The summed E-state index contributed by atoms with van der Waals surface area (Å²) in [6.07, 6.45) is 5.22. The molecule has 0 N–H and O–H groups in total. The number of hydrogen-bond donors (Lipinski definition) is 0. The van der Waals surface area contributed by atoms with Crippen LogP contribution in [0.4, 0.5) is 17.3 Å². The molecule has 0 bridgehead atoms. The van der Waals surface area contributed by atoms with Gasteiger partial charge in [-0.3, -0.25) is 14.9 Å². The topological polar surface area (TPSA) is 67.9 Å². The molecule has 0 aliphatic heterocycles. The van der Waals surface area contributed by atoms with Crippen LogP contribution in [0.2, 0.25) is 0 Å². The van der Waals surface area contributed by atoms with Crippen LogP contribution in [0.3, 0.4) is 0 Å². The van der Waals surface area contributed by atoms with E-state index in [1.54, 1.807) is 12.4 Å². The Morgan fingerprint density at radius 2 is 0.960 bits per heavy atom. The van der Waals surface area contributed by atoms with Crippen molar-refractivity contribution in [1.29, 1.82) is 0 Å². The predicted octanol–water partition coefficient (Wildman–Crippen LogP) is 11.4. The van der Waals surface area contributed by atoms with Gasteiger partial charge >= 0.3 is 0 Å². The third-order valence-electron chi connectivity index (χ3n) is 9.43. The Bertz CT molecular complexity index is 2760. The molecule has 0 aliphatic rings. The molecule has 0 fully saturated rings. The van der Waals surface area contributed by atoms with Crippen LogP contribution in [0.15, 0.2) is 169 Å². The van der Waals surface area contributed by atoms with Gasteiger partial charge in [-0.15, -0.1) is 0 Å². The molecular weight excluding hydrogens is 615 g/mol. The Labute approximate surface area is 287 Å². The lowest BCUT2D eigenvalue weighted by atomic mass is 10.0. The lowest BCUT2D eigenvalue weighted by Gasteiger charge is -2.23. The SMILES string of the molecule is c1ccc2cc(-c3ccc(N(c4ccc(-c5ccc6ccccc6c5)cc4)c4ncc5c(n4)oc4cc6nccnc6cc45)cc3)ccc2c1. The first-order chi connectivity index (χ1) is 24.7. The molecule has 0 radical (unpaired) electrons. The summed E-state index contributed by atoms with van der Waals surface area (Å²) < 4.78 is 6.30. The molecule has 6 heteroatoms. The van der Waals surface area contributed by atoms with Gasteiger partial charge in [-0.1, -0.05) is 97.1 Å². The summed E-state index contributed by atoms with van der Waals surface area (Å²) in [5.74, 6) is 0.509. The maximum absolute atomic E-state index is 6.30. The van der Waals surface area contributed by atoms with Crippen molar-refractivity contribution in [1.82, 2.24) is 19.9 Å². The number of anilines is 3. The number of rotatable bonds is 5. The van der Waals surface area contributed by atoms with Crippen LogP contribution in [-0.4, -0.2) is 19.9 Å². The minimum absolute atomic E-state index is 0.505. The highest BCUT2D eigenvalue weighted by Gasteiger charge is 2.19. The van der Waals surface area contributed by atoms with E-state index in [-0.39, 0.29) is 0 Å². The highest BCUT2D eigenvalue weighted by molar-refractivity contribution is 6.08. The maximum atomic E-state index is 6.30. The van der Waals surface area contributed by atoms with Crippen molar-refractivity contribution in [3.8, 4) is 22.3 Å². The zero-order valence-electron chi connectivity index (χ0n) is 26.7. The summed E-state index contributed by atoms with van der Waals surface area (Å²) in [5.41, 5.74) is 9.23. The van der Waals surface area contributed by atoms with E-state index in [2.05, 4.69) is 148 Å². The highest BCUT2D eigenvalue weighted by Crippen LogP contribution is 2.38. The summed E-state index contributed by atoms with van der Waals surface area (Å²) in [4.78, 5) is 20.9. The van der Waals surface area contributed by atoms with Gasteiger partial charge in [-0.2, -0.15) is 4.98 Å². The Kier molecular flexibility index (Phi) is 6.39. The molecule has 3 aromatic heterocycles. The molecule has 234 valence electrons. The van der Waals surface area contributed by atoms with Gasteiger partial charge < -0.3 is 4.42 Å². The van der Waals surface area contributed by atoms with E-state index >= 15 is 0 Å². The van der Waals surface area contributed by atoms with Crippen molar-refractivity contribution >= 4 is 72.0 Å². The average molecular weight is 642 g/mol. The fraction of sp³-hybridized carbons (Fsp3) is 0. The normalized spacial score (nSPS) is 11.6. The molecule has 0 aliphatic carbocycles. The molecule has 7 aromatic carbocycles. The van der Waals surface area contributed by atoms with Crippen LogP contribution in [0.1, 0.15) is 0 Å². The van der Waals surface area contributed by atoms with Crippen molar-refractivity contribution in [3.63, 3.8) is 0 Å². The summed E-state index contributed by atoms with van der Waals surface area (Å²) >= 11 is 0. The summed E-state index contributed by atoms with van der Waals surface area (Å²) in [5, 5.41) is 6.62. The summed E-state index contributed by atoms with van der Waals surface area (Å²) in [6, 6.07) is 51.0. The first kappa shape index (κ1) is 28.1. The molecule has 0 saturated heterocycles. The highest BCUT2D eigenvalue weighted by atomic mass is 16.3. The van der Waals surface area contributed by atoms with Gasteiger partial charge in [0.25, 0.3) is 0 Å². The zero-order valence-corrected chi connectivity index (χ0v) is 26.7. The Morgan fingerprint density at radius 1 is 0.440 bits per heavy atom. The molecule has 0 saturated carbocycles. The second-order valence-corrected chi connectivity index (χ2v) is 12.4. The first-order valence-corrected chi connectivity index (χ1v) is 16.5. The van der Waals surface area contributed by atoms with Crippen LogP contribution in [0.5, 0.6) is 0 Å². The number of aromatic nitrogens is 4. The molecular formula is C44H27N5O. The largest absolute Gasteiger partial charge is 0.437 e. The lowest BCUT2D eigenvalue weighted by Crippen LogP contribution is -2.13. The van der Waals surface area contributed by atoms with E-state index in [4.69, 9.17) is 14.4 Å². The van der Waals surface area contributed by atoms with Gasteiger partial charge in [0.1, 0.15) is 5.58 Å².